The highest BCUT2D eigenvalue weighted by Gasteiger charge is 2.27. The number of nitrogens with zero attached hydrogens (tertiary/aromatic N) is 1. The zero-order valence-corrected chi connectivity index (χ0v) is 14.1. The zero-order valence-electron chi connectivity index (χ0n) is 13.3. The topological polar surface area (TPSA) is 51.1 Å². The van der Waals surface area contributed by atoms with Crippen LogP contribution in [-0.2, 0) is 16.6 Å². The van der Waals surface area contributed by atoms with E-state index in [1.165, 1.54) is 24.2 Å². The van der Waals surface area contributed by atoms with Crippen molar-refractivity contribution in [3.05, 3.63) is 52.8 Å². The highest BCUT2D eigenvalue weighted by atomic mass is 32.2. The fourth-order valence-corrected chi connectivity index (χ4v) is 4.07. The molecular formula is C17H22N2O2S. The minimum Gasteiger partial charge on any atom is -0.346 e. The molecule has 0 saturated heterocycles. The summed E-state index contributed by atoms with van der Waals surface area (Å²) in [6.07, 6.45) is 2.45. The smallest absolute Gasteiger partial charge is 0.240 e. The van der Waals surface area contributed by atoms with Gasteiger partial charge in [0, 0.05) is 24.0 Å². The lowest BCUT2D eigenvalue weighted by molar-refractivity contribution is 0.581. The number of hydrogen-bond acceptors (Lipinski definition) is 2. The number of rotatable bonds is 5. The summed E-state index contributed by atoms with van der Waals surface area (Å²) in [5.74, 6) is 0. The van der Waals surface area contributed by atoms with Gasteiger partial charge in [-0.05, 0) is 62.9 Å². The summed E-state index contributed by atoms with van der Waals surface area (Å²) in [4.78, 5) is 0.323. The minimum atomic E-state index is -3.47. The average molecular weight is 318 g/mol. The predicted molar refractivity (Wildman–Crippen MR) is 87.4 cm³/mol. The van der Waals surface area contributed by atoms with Crippen LogP contribution in [0.25, 0.3) is 0 Å². The van der Waals surface area contributed by atoms with Crippen molar-refractivity contribution in [1.82, 2.24) is 9.29 Å². The second kappa shape index (κ2) is 5.56. The summed E-state index contributed by atoms with van der Waals surface area (Å²) in [6, 6.07) is 9.68. The Morgan fingerprint density at radius 3 is 2.55 bits per heavy atom. The molecule has 118 valence electrons. The maximum absolute atomic E-state index is 12.4. The first kappa shape index (κ1) is 15.3. The van der Waals surface area contributed by atoms with Gasteiger partial charge in [-0.2, -0.15) is 0 Å². The van der Waals surface area contributed by atoms with Crippen LogP contribution in [0.1, 0.15) is 41.4 Å². The van der Waals surface area contributed by atoms with Gasteiger partial charge in [-0.3, -0.25) is 0 Å². The van der Waals surface area contributed by atoms with Crippen molar-refractivity contribution < 1.29 is 8.42 Å². The first-order valence-corrected chi connectivity index (χ1v) is 9.10. The molecule has 4 nitrogen and oxygen atoms in total. The molecule has 1 aliphatic carbocycles. The van der Waals surface area contributed by atoms with E-state index in [0.29, 0.717) is 17.5 Å². The van der Waals surface area contributed by atoms with E-state index in [0.717, 1.165) is 11.1 Å². The van der Waals surface area contributed by atoms with Gasteiger partial charge in [0.25, 0.3) is 0 Å². The number of nitrogens with one attached hydrogen (secondary N) is 1. The Labute approximate surface area is 132 Å². The lowest BCUT2D eigenvalue weighted by Crippen LogP contribution is -2.23. The number of aromatic nitrogens is 1. The molecule has 0 amide bonds. The molecule has 22 heavy (non-hydrogen) atoms. The van der Waals surface area contributed by atoms with E-state index >= 15 is 0 Å². The summed E-state index contributed by atoms with van der Waals surface area (Å²) < 4.78 is 29.8. The monoisotopic (exact) mass is 318 g/mol. The van der Waals surface area contributed by atoms with Crippen LogP contribution in [0.4, 0.5) is 0 Å². The van der Waals surface area contributed by atoms with Gasteiger partial charge < -0.3 is 4.57 Å². The van der Waals surface area contributed by atoms with Crippen LogP contribution in [0.5, 0.6) is 0 Å². The van der Waals surface area contributed by atoms with Gasteiger partial charge in [0.05, 0.1) is 4.90 Å². The molecule has 1 saturated carbocycles. The summed E-state index contributed by atoms with van der Waals surface area (Å²) >= 11 is 0. The zero-order chi connectivity index (χ0) is 15.9. The normalized spacial score (nSPS) is 15.2. The van der Waals surface area contributed by atoms with E-state index in [1.54, 1.807) is 18.2 Å². The first-order chi connectivity index (χ1) is 10.4. The third-order valence-corrected chi connectivity index (χ3v) is 5.65. The molecule has 0 bridgehead atoms. The molecule has 0 aliphatic heterocycles. The van der Waals surface area contributed by atoms with E-state index in [2.05, 4.69) is 29.2 Å². The Hall–Kier alpha value is -1.59. The molecule has 0 radical (unpaired) electrons. The quantitative estimate of drug-likeness (QED) is 0.920. The summed E-state index contributed by atoms with van der Waals surface area (Å²) in [7, 11) is -3.47. The molecule has 1 aromatic heterocycles. The van der Waals surface area contributed by atoms with Gasteiger partial charge in [-0.15, -0.1) is 0 Å². The van der Waals surface area contributed by atoms with Crippen molar-refractivity contribution in [2.24, 2.45) is 0 Å². The van der Waals surface area contributed by atoms with Gasteiger partial charge in [0.2, 0.25) is 10.0 Å². The molecule has 2 aromatic rings. The number of sulfonamides is 1. The van der Waals surface area contributed by atoms with Crippen molar-refractivity contribution in [3.63, 3.8) is 0 Å². The number of aryl methyl sites for hydroxylation is 2. The SMILES string of the molecule is Cc1cccc(S(=O)(=O)NCc2cc(C)n(C3CC3)c2C)c1. The first-order valence-electron chi connectivity index (χ1n) is 7.62. The lowest BCUT2D eigenvalue weighted by Gasteiger charge is -2.09. The molecule has 0 spiro atoms. The second-order valence-electron chi connectivity index (χ2n) is 6.14. The summed E-state index contributed by atoms with van der Waals surface area (Å²) in [5.41, 5.74) is 4.38. The number of benzene rings is 1. The third-order valence-electron chi connectivity index (χ3n) is 4.25. The fraction of sp³-hybridized carbons (Fsp3) is 0.412. The van der Waals surface area contributed by atoms with E-state index in [9.17, 15) is 8.42 Å². The van der Waals surface area contributed by atoms with E-state index in [-0.39, 0.29) is 0 Å². The molecule has 1 aliphatic rings. The molecule has 5 heteroatoms. The highest BCUT2D eigenvalue weighted by molar-refractivity contribution is 7.89. The summed E-state index contributed by atoms with van der Waals surface area (Å²) in [5, 5.41) is 0. The lowest BCUT2D eigenvalue weighted by atomic mass is 10.2. The highest BCUT2D eigenvalue weighted by Crippen LogP contribution is 2.38. The van der Waals surface area contributed by atoms with Crippen LogP contribution in [0.2, 0.25) is 0 Å². The Balaban J connectivity index is 1.79. The van der Waals surface area contributed by atoms with Crippen LogP contribution in [0, 0.1) is 20.8 Å². The summed E-state index contributed by atoms with van der Waals surface area (Å²) in [6.45, 7) is 6.39. The van der Waals surface area contributed by atoms with Crippen molar-refractivity contribution in [1.29, 1.82) is 0 Å². The van der Waals surface area contributed by atoms with Gasteiger partial charge in [-0.25, -0.2) is 13.1 Å². The number of hydrogen-bond donors (Lipinski definition) is 1. The second-order valence-corrected chi connectivity index (χ2v) is 7.91. The standard InChI is InChI=1S/C17H22N2O2S/c1-12-5-4-6-17(9-12)22(20,21)18-11-15-10-13(2)19(14(15)3)16-7-8-16/h4-6,9-10,16,18H,7-8,11H2,1-3H3. The van der Waals surface area contributed by atoms with Gasteiger partial charge in [0.1, 0.15) is 0 Å². The van der Waals surface area contributed by atoms with Crippen LogP contribution in [0.15, 0.2) is 35.2 Å². The largest absolute Gasteiger partial charge is 0.346 e. The predicted octanol–water partition coefficient (Wildman–Crippen LogP) is 3.23. The van der Waals surface area contributed by atoms with Crippen molar-refractivity contribution >= 4 is 10.0 Å². The van der Waals surface area contributed by atoms with Crippen molar-refractivity contribution in [3.8, 4) is 0 Å². The molecular weight excluding hydrogens is 296 g/mol. The van der Waals surface area contributed by atoms with Crippen LogP contribution in [0.3, 0.4) is 0 Å². The van der Waals surface area contributed by atoms with E-state index in [4.69, 9.17) is 0 Å². The van der Waals surface area contributed by atoms with Gasteiger partial charge in [0.15, 0.2) is 0 Å². The van der Waals surface area contributed by atoms with Crippen molar-refractivity contribution in [2.75, 3.05) is 0 Å². The molecule has 1 N–H and O–H groups in total. The van der Waals surface area contributed by atoms with E-state index in [1.807, 2.05) is 13.0 Å². The minimum absolute atomic E-state index is 0.323. The molecule has 1 heterocycles. The molecule has 3 rings (SSSR count). The molecule has 0 unspecified atom stereocenters. The molecule has 0 atom stereocenters. The van der Waals surface area contributed by atoms with Gasteiger partial charge in [-0.1, -0.05) is 12.1 Å². The Morgan fingerprint density at radius 1 is 1.18 bits per heavy atom. The van der Waals surface area contributed by atoms with E-state index < -0.39 is 10.0 Å². The Bertz CT molecular complexity index is 802. The van der Waals surface area contributed by atoms with Crippen LogP contribution >= 0.6 is 0 Å². The maximum Gasteiger partial charge on any atom is 0.240 e. The maximum atomic E-state index is 12.4. The van der Waals surface area contributed by atoms with Crippen LogP contribution < -0.4 is 4.72 Å². The Kier molecular flexibility index (Phi) is 3.87. The third kappa shape index (κ3) is 2.96. The average Bonchev–Trinajstić information content (AvgIpc) is 3.24. The Morgan fingerprint density at radius 2 is 1.91 bits per heavy atom. The molecule has 1 fully saturated rings. The van der Waals surface area contributed by atoms with Crippen LogP contribution in [-0.4, -0.2) is 13.0 Å². The molecule has 1 aromatic carbocycles. The van der Waals surface area contributed by atoms with Gasteiger partial charge >= 0.3 is 0 Å². The fourth-order valence-electron chi connectivity index (χ4n) is 2.96. The van der Waals surface area contributed by atoms with Crippen molar-refractivity contribution in [2.45, 2.75) is 51.1 Å².